The molecule has 2 heterocycles. The number of thiocarbonyl (C=S) groups is 1. The van der Waals surface area contributed by atoms with E-state index in [1.165, 1.54) is 0 Å². The van der Waals surface area contributed by atoms with E-state index in [1.54, 1.807) is 17.5 Å². The number of hydrogen-bond donors (Lipinski definition) is 1. The monoisotopic (exact) mass is 194 g/mol. The predicted octanol–water partition coefficient (Wildman–Crippen LogP) is 1.93. The number of hydrogen-bond acceptors (Lipinski definition) is 3. The van der Waals surface area contributed by atoms with Crippen LogP contribution in [0.25, 0.3) is 10.1 Å². The number of rotatable bonds is 1. The van der Waals surface area contributed by atoms with E-state index in [0.29, 0.717) is 4.99 Å². The first-order valence-corrected chi connectivity index (χ1v) is 4.63. The van der Waals surface area contributed by atoms with Crippen molar-refractivity contribution in [1.29, 1.82) is 0 Å². The van der Waals surface area contributed by atoms with Gasteiger partial charge in [-0.05, 0) is 17.5 Å². The highest BCUT2D eigenvalue weighted by Crippen LogP contribution is 2.23. The van der Waals surface area contributed by atoms with E-state index in [9.17, 15) is 0 Å². The molecule has 0 amide bonds. The van der Waals surface area contributed by atoms with Crippen LogP contribution in [-0.4, -0.2) is 9.97 Å². The van der Waals surface area contributed by atoms with E-state index >= 15 is 0 Å². The second-order valence-electron chi connectivity index (χ2n) is 2.39. The lowest BCUT2D eigenvalue weighted by Gasteiger charge is -1.85. The van der Waals surface area contributed by atoms with Crippen LogP contribution in [-0.2, 0) is 0 Å². The summed E-state index contributed by atoms with van der Waals surface area (Å²) in [6.45, 7) is 0. The van der Waals surface area contributed by atoms with Crippen LogP contribution >= 0.6 is 23.6 Å². The van der Waals surface area contributed by atoms with Gasteiger partial charge in [-0.25, -0.2) is 0 Å². The summed E-state index contributed by atoms with van der Waals surface area (Å²) in [6, 6.07) is 3.94. The zero-order valence-electron chi connectivity index (χ0n) is 6.15. The molecule has 0 fully saturated rings. The van der Waals surface area contributed by atoms with E-state index in [2.05, 4.69) is 4.98 Å². The lowest BCUT2D eigenvalue weighted by Crippen LogP contribution is -2.06. The van der Waals surface area contributed by atoms with Crippen LogP contribution in [0.3, 0.4) is 0 Å². The van der Waals surface area contributed by atoms with Crippen LogP contribution in [0.4, 0.5) is 0 Å². The Kier molecular flexibility index (Phi) is 1.78. The van der Waals surface area contributed by atoms with Gasteiger partial charge >= 0.3 is 0 Å². The van der Waals surface area contributed by atoms with Gasteiger partial charge in [0.2, 0.25) is 0 Å². The molecule has 0 atom stereocenters. The van der Waals surface area contributed by atoms with Gasteiger partial charge in [0.05, 0.1) is 9.58 Å². The highest BCUT2D eigenvalue weighted by molar-refractivity contribution is 7.81. The van der Waals surface area contributed by atoms with Crippen molar-refractivity contribution in [1.82, 2.24) is 4.98 Å². The smallest absolute Gasteiger partial charge is 0.114 e. The molecule has 0 radical (unpaired) electrons. The predicted molar refractivity (Wildman–Crippen MR) is 55.5 cm³/mol. The Hall–Kier alpha value is -1.000. The van der Waals surface area contributed by atoms with Gasteiger partial charge in [0.25, 0.3) is 0 Å². The SMILES string of the molecule is NC(=S)c1cc2ccncc2s1. The van der Waals surface area contributed by atoms with E-state index in [4.69, 9.17) is 18.0 Å². The molecule has 0 unspecified atom stereocenters. The molecule has 0 aliphatic rings. The average molecular weight is 194 g/mol. The van der Waals surface area contributed by atoms with Crippen molar-refractivity contribution < 1.29 is 0 Å². The van der Waals surface area contributed by atoms with Crippen LogP contribution in [0.2, 0.25) is 0 Å². The second-order valence-corrected chi connectivity index (χ2v) is 3.91. The molecule has 0 aliphatic carbocycles. The molecule has 0 spiro atoms. The Morgan fingerprint density at radius 3 is 3.08 bits per heavy atom. The molecule has 2 aromatic rings. The summed E-state index contributed by atoms with van der Waals surface area (Å²) in [5.41, 5.74) is 5.50. The summed E-state index contributed by atoms with van der Waals surface area (Å²) in [4.78, 5) is 5.42. The van der Waals surface area contributed by atoms with Gasteiger partial charge in [0.1, 0.15) is 4.99 Å². The summed E-state index contributed by atoms with van der Waals surface area (Å²) in [7, 11) is 0. The van der Waals surface area contributed by atoms with Crippen LogP contribution in [0.15, 0.2) is 24.5 Å². The van der Waals surface area contributed by atoms with E-state index in [-0.39, 0.29) is 0 Å². The Morgan fingerprint density at radius 2 is 2.42 bits per heavy atom. The molecular formula is C8H6N2S2. The number of pyridine rings is 1. The molecule has 2 nitrogen and oxygen atoms in total. The van der Waals surface area contributed by atoms with Gasteiger partial charge in [0, 0.05) is 12.4 Å². The van der Waals surface area contributed by atoms with Gasteiger partial charge in [-0.3, -0.25) is 4.98 Å². The minimum absolute atomic E-state index is 0.455. The zero-order valence-corrected chi connectivity index (χ0v) is 7.78. The van der Waals surface area contributed by atoms with Gasteiger partial charge in [0.15, 0.2) is 0 Å². The maximum absolute atomic E-state index is 5.50. The summed E-state index contributed by atoms with van der Waals surface area (Å²) < 4.78 is 1.13. The molecule has 60 valence electrons. The van der Waals surface area contributed by atoms with Gasteiger partial charge in [-0.15, -0.1) is 11.3 Å². The highest BCUT2D eigenvalue weighted by atomic mass is 32.1. The molecule has 12 heavy (non-hydrogen) atoms. The molecule has 0 saturated heterocycles. The molecule has 0 saturated carbocycles. The van der Waals surface area contributed by atoms with Crippen molar-refractivity contribution >= 4 is 38.6 Å². The van der Waals surface area contributed by atoms with Crippen molar-refractivity contribution in [2.45, 2.75) is 0 Å². The Labute approximate surface area is 79.0 Å². The average Bonchev–Trinajstić information content (AvgIpc) is 2.46. The van der Waals surface area contributed by atoms with Crippen molar-refractivity contribution in [3.05, 3.63) is 29.4 Å². The Bertz CT molecular complexity index is 400. The molecule has 0 bridgehead atoms. The maximum atomic E-state index is 5.50. The summed E-state index contributed by atoms with van der Waals surface area (Å²) in [5, 5.41) is 1.15. The van der Waals surface area contributed by atoms with Crippen LogP contribution in [0, 0.1) is 0 Å². The summed E-state index contributed by atoms with van der Waals surface area (Å²) >= 11 is 6.45. The molecule has 2 N–H and O–H groups in total. The molecule has 0 aliphatic heterocycles. The zero-order chi connectivity index (χ0) is 8.55. The minimum Gasteiger partial charge on any atom is -0.389 e. The third kappa shape index (κ3) is 1.19. The van der Waals surface area contributed by atoms with Crippen LogP contribution in [0.1, 0.15) is 4.88 Å². The normalized spacial score (nSPS) is 10.3. The number of thiophene rings is 1. The lowest BCUT2D eigenvalue weighted by atomic mass is 10.3. The third-order valence-corrected chi connectivity index (χ3v) is 3.03. The molecule has 2 aromatic heterocycles. The van der Waals surface area contributed by atoms with Crippen molar-refractivity contribution in [3.8, 4) is 0 Å². The van der Waals surface area contributed by atoms with Crippen LogP contribution < -0.4 is 5.73 Å². The first kappa shape index (κ1) is 7.64. The second kappa shape index (κ2) is 2.80. The minimum atomic E-state index is 0.455. The topological polar surface area (TPSA) is 38.9 Å². The number of nitrogens with zero attached hydrogens (tertiary/aromatic N) is 1. The standard InChI is InChI=1S/C8H6N2S2/c9-8(11)6-3-5-1-2-10-4-7(5)12-6/h1-4H,(H2,9,11). The third-order valence-electron chi connectivity index (χ3n) is 1.57. The number of nitrogens with two attached hydrogens (primary N) is 1. The van der Waals surface area contributed by atoms with Crippen molar-refractivity contribution in [2.24, 2.45) is 5.73 Å². The Balaban J connectivity index is 2.70. The quantitative estimate of drug-likeness (QED) is 0.705. The first-order chi connectivity index (χ1) is 5.77. The van der Waals surface area contributed by atoms with Crippen LogP contribution in [0.5, 0.6) is 0 Å². The molecular weight excluding hydrogens is 188 g/mol. The molecule has 0 aromatic carbocycles. The summed E-state index contributed by atoms with van der Waals surface area (Å²) in [5.74, 6) is 0. The number of fused-ring (bicyclic) bond motifs is 1. The first-order valence-electron chi connectivity index (χ1n) is 3.41. The fraction of sp³-hybridized carbons (Fsp3) is 0. The number of aromatic nitrogens is 1. The fourth-order valence-electron chi connectivity index (χ4n) is 1.01. The maximum Gasteiger partial charge on any atom is 0.114 e. The van der Waals surface area contributed by atoms with E-state index in [0.717, 1.165) is 15.0 Å². The van der Waals surface area contributed by atoms with Crippen molar-refractivity contribution in [2.75, 3.05) is 0 Å². The molecule has 4 heteroatoms. The van der Waals surface area contributed by atoms with E-state index in [1.807, 2.05) is 18.3 Å². The van der Waals surface area contributed by atoms with Crippen molar-refractivity contribution in [3.63, 3.8) is 0 Å². The molecule has 2 rings (SSSR count). The Morgan fingerprint density at radius 1 is 1.58 bits per heavy atom. The fourth-order valence-corrected chi connectivity index (χ4v) is 2.07. The van der Waals surface area contributed by atoms with Gasteiger partial charge in [-0.1, -0.05) is 12.2 Å². The largest absolute Gasteiger partial charge is 0.389 e. The van der Waals surface area contributed by atoms with E-state index < -0.39 is 0 Å². The highest BCUT2D eigenvalue weighted by Gasteiger charge is 2.02. The van der Waals surface area contributed by atoms with Gasteiger partial charge in [-0.2, -0.15) is 0 Å². The summed E-state index contributed by atoms with van der Waals surface area (Å²) in [6.07, 6.45) is 3.58. The lowest BCUT2D eigenvalue weighted by molar-refractivity contribution is 1.37. The van der Waals surface area contributed by atoms with Gasteiger partial charge < -0.3 is 5.73 Å².